The van der Waals surface area contributed by atoms with Crippen LogP contribution in [0.1, 0.15) is 69.4 Å². The first-order chi connectivity index (χ1) is 7.09. The summed E-state index contributed by atoms with van der Waals surface area (Å²) in [4.78, 5) is 0. The quantitative estimate of drug-likeness (QED) is 0.828. The first-order valence-corrected chi connectivity index (χ1v) is 5.94. The van der Waals surface area contributed by atoms with Crippen LogP contribution in [-0.2, 0) is 0 Å². The Morgan fingerprint density at radius 3 is 2.40 bits per heavy atom. The molecule has 1 fully saturated rings. The van der Waals surface area contributed by atoms with Gasteiger partial charge in [-0.1, -0.05) is 6.42 Å². The summed E-state index contributed by atoms with van der Waals surface area (Å²) in [6, 6.07) is 2.68. The summed E-state index contributed by atoms with van der Waals surface area (Å²) in [7, 11) is 0. The second-order valence-electron chi connectivity index (χ2n) is 4.95. The van der Waals surface area contributed by atoms with Gasteiger partial charge in [0, 0.05) is 18.0 Å². The Morgan fingerprint density at radius 1 is 1.40 bits per heavy atom. The molecule has 1 saturated carbocycles. The molecule has 2 rings (SSSR count). The van der Waals surface area contributed by atoms with Crippen LogP contribution in [0.25, 0.3) is 0 Å². The van der Waals surface area contributed by atoms with Crippen LogP contribution in [0.2, 0.25) is 0 Å². The fraction of sp³-hybridized carbons (Fsp3) is 0.750. The molecule has 3 nitrogen and oxygen atoms in total. The average molecular weight is 207 g/mol. The SMILES string of the molecule is CC(C)n1nc(C2CCC2)cc1[C@H](C)N. The van der Waals surface area contributed by atoms with Crippen molar-refractivity contribution in [3.8, 4) is 0 Å². The third-order valence-corrected chi connectivity index (χ3v) is 3.26. The molecule has 0 amide bonds. The number of nitrogens with two attached hydrogens (primary N) is 1. The number of rotatable bonds is 3. The van der Waals surface area contributed by atoms with Gasteiger partial charge < -0.3 is 5.73 Å². The van der Waals surface area contributed by atoms with Crippen molar-refractivity contribution < 1.29 is 0 Å². The molecule has 3 heteroatoms. The summed E-state index contributed by atoms with van der Waals surface area (Å²) in [6.07, 6.45) is 3.95. The van der Waals surface area contributed by atoms with Crippen molar-refractivity contribution in [1.82, 2.24) is 9.78 Å². The maximum absolute atomic E-state index is 5.96. The molecule has 0 aliphatic heterocycles. The van der Waals surface area contributed by atoms with Crippen LogP contribution in [0.4, 0.5) is 0 Å². The van der Waals surface area contributed by atoms with Crippen LogP contribution in [0.5, 0.6) is 0 Å². The van der Waals surface area contributed by atoms with Crippen LogP contribution in [0.3, 0.4) is 0 Å². The lowest BCUT2D eigenvalue weighted by atomic mass is 9.83. The second-order valence-corrected chi connectivity index (χ2v) is 4.95. The minimum absolute atomic E-state index is 0.0775. The molecule has 1 atom stereocenters. The van der Waals surface area contributed by atoms with Gasteiger partial charge in [-0.2, -0.15) is 5.10 Å². The zero-order valence-corrected chi connectivity index (χ0v) is 9.90. The lowest BCUT2D eigenvalue weighted by Gasteiger charge is -2.23. The molecule has 0 bridgehead atoms. The Morgan fingerprint density at radius 2 is 2.07 bits per heavy atom. The van der Waals surface area contributed by atoms with Crippen LogP contribution in [-0.4, -0.2) is 9.78 Å². The molecule has 0 saturated heterocycles. The zero-order chi connectivity index (χ0) is 11.0. The van der Waals surface area contributed by atoms with Crippen molar-refractivity contribution in [3.05, 3.63) is 17.5 Å². The molecule has 84 valence electrons. The van der Waals surface area contributed by atoms with E-state index in [-0.39, 0.29) is 6.04 Å². The number of hydrogen-bond donors (Lipinski definition) is 1. The minimum Gasteiger partial charge on any atom is -0.323 e. The molecule has 0 radical (unpaired) electrons. The Hall–Kier alpha value is -0.830. The molecular weight excluding hydrogens is 186 g/mol. The number of aromatic nitrogens is 2. The van der Waals surface area contributed by atoms with Crippen LogP contribution in [0, 0.1) is 0 Å². The van der Waals surface area contributed by atoms with Crippen molar-refractivity contribution >= 4 is 0 Å². The van der Waals surface area contributed by atoms with E-state index in [1.165, 1.54) is 30.7 Å². The van der Waals surface area contributed by atoms with Gasteiger partial charge >= 0.3 is 0 Å². The molecule has 1 aliphatic rings. The molecule has 1 heterocycles. The molecule has 2 N–H and O–H groups in total. The van der Waals surface area contributed by atoms with Crippen molar-refractivity contribution in [3.63, 3.8) is 0 Å². The highest BCUT2D eigenvalue weighted by Crippen LogP contribution is 2.36. The topological polar surface area (TPSA) is 43.8 Å². The molecule has 0 aromatic carbocycles. The third-order valence-electron chi connectivity index (χ3n) is 3.26. The van der Waals surface area contributed by atoms with Gasteiger partial charge in [-0.25, -0.2) is 0 Å². The Bertz CT molecular complexity index is 309. The second kappa shape index (κ2) is 3.97. The van der Waals surface area contributed by atoms with Crippen LogP contribution in [0.15, 0.2) is 6.07 Å². The fourth-order valence-corrected chi connectivity index (χ4v) is 2.09. The lowest BCUT2D eigenvalue weighted by Crippen LogP contribution is -2.15. The molecule has 15 heavy (non-hydrogen) atoms. The molecule has 1 aliphatic carbocycles. The van der Waals surface area contributed by atoms with E-state index in [0.29, 0.717) is 12.0 Å². The molecule has 1 aromatic heterocycles. The van der Waals surface area contributed by atoms with Gasteiger partial charge in [0.2, 0.25) is 0 Å². The number of hydrogen-bond acceptors (Lipinski definition) is 2. The molecule has 0 spiro atoms. The normalized spacial score (nSPS) is 19.3. The first-order valence-electron chi connectivity index (χ1n) is 5.94. The van der Waals surface area contributed by atoms with Gasteiger partial charge in [0.25, 0.3) is 0 Å². The summed E-state index contributed by atoms with van der Waals surface area (Å²) < 4.78 is 2.08. The number of nitrogens with zero attached hydrogens (tertiary/aromatic N) is 2. The predicted octanol–water partition coefficient (Wildman–Crippen LogP) is 2.75. The van der Waals surface area contributed by atoms with Gasteiger partial charge in [-0.15, -0.1) is 0 Å². The van der Waals surface area contributed by atoms with Gasteiger partial charge in [-0.05, 0) is 39.7 Å². The van der Waals surface area contributed by atoms with Gasteiger partial charge in [0.1, 0.15) is 0 Å². The molecule has 1 aromatic rings. The van der Waals surface area contributed by atoms with E-state index in [1.807, 2.05) is 6.92 Å². The van der Waals surface area contributed by atoms with Crippen LogP contribution >= 0.6 is 0 Å². The fourth-order valence-electron chi connectivity index (χ4n) is 2.09. The summed E-state index contributed by atoms with van der Waals surface area (Å²) >= 11 is 0. The molecular formula is C12H21N3. The van der Waals surface area contributed by atoms with E-state index in [0.717, 1.165) is 0 Å². The highest BCUT2D eigenvalue weighted by Gasteiger charge is 2.24. The average Bonchev–Trinajstić information content (AvgIpc) is 2.45. The predicted molar refractivity (Wildman–Crippen MR) is 61.8 cm³/mol. The lowest BCUT2D eigenvalue weighted by molar-refractivity contribution is 0.400. The minimum atomic E-state index is 0.0775. The van der Waals surface area contributed by atoms with Crippen molar-refractivity contribution in [1.29, 1.82) is 0 Å². The van der Waals surface area contributed by atoms with Crippen molar-refractivity contribution in [2.45, 2.75) is 58.0 Å². The van der Waals surface area contributed by atoms with E-state index in [2.05, 4.69) is 29.7 Å². The largest absolute Gasteiger partial charge is 0.323 e. The summed E-state index contributed by atoms with van der Waals surface area (Å²) in [6.45, 7) is 6.34. The van der Waals surface area contributed by atoms with E-state index >= 15 is 0 Å². The Balaban J connectivity index is 2.30. The van der Waals surface area contributed by atoms with Crippen molar-refractivity contribution in [2.75, 3.05) is 0 Å². The zero-order valence-electron chi connectivity index (χ0n) is 9.90. The van der Waals surface area contributed by atoms with Crippen LogP contribution < -0.4 is 5.73 Å². The van der Waals surface area contributed by atoms with E-state index < -0.39 is 0 Å². The Kier molecular flexibility index (Phi) is 2.83. The standard InChI is InChI=1S/C12H21N3/c1-8(2)15-12(9(3)13)7-11(14-15)10-5-4-6-10/h7-10H,4-6,13H2,1-3H3/t9-/m0/s1. The van der Waals surface area contributed by atoms with Gasteiger partial charge in [0.05, 0.1) is 11.4 Å². The van der Waals surface area contributed by atoms with E-state index in [1.54, 1.807) is 0 Å². The highest BCUT2D eigenvalue weighted by molar-refractivity contribution is 5.19. The maximum Gasteiger partial charge on any atom is 0.0659 e. The summed E-state index contributed by atoms with van der Waals surface area (Å²) in [5, 5.41) is 4.69. The first kappa shape index (κ1) is 10.7. The summed E-state index contributed by atoms with van der Waals surface area (Å²) in [5.74, 6) is 0.697. The van der Waals surface area contributed by atoms with E-state index in [4.69, 9.17) is 5.73 Å². The highest BCUT2D eigenvalue weighted by atomic mass is 15.3. The van der Waals surface area contributed by atoms with Crippen molar-refractivity contribution in [2.24, 2.45) is 5.73 Å². The van der Waals surface area contributed by atoms with Gasteiger partial charge in [0.15, 0.2) is 0 Å². The maximum atomic E-state index is 5.96. The van der Waals surface area contributed by atoms with E-state index in [9.17, 15) is 0 Å². The smallest absolute Gasteiger partial charge is 0.0659 e. The third kappa shape index (κ3) is 1.93. The Labute approximate surface area is 91.7 Å². The summed E-state index contributed by atoms with van der Waals surface area (Å²) in [5.41, 5.74) is 8.39. The molecule has 0 unspecified atom stereocenters. The monoisotopic (exact) mass is 207 g/mol. The van der Waals surface area contributed by atoms with Gasteiger partial charge in [-0.3, -0.25) is 4.68 Å².